The lowest BCUT2D eigenvalue weighted by molar-refractivity contribution is 0.0944. The summed E-state index contributed by atoms with van der Waals surface area (Å²) < 4.78 is 22.5. The third kappa shape index (κ3) is 2.44. The summed E-state index contributed by atoms with van der Waals surface area (Å²) in [7, 11) is -2.93. The number of hydrogen-bond acceptors (Lipinski definition) is 4. The molecule has 1 N–H and O–H groups in total. The molecule has 0 aliphatic carbocycles. The van der Waals surface area contributed by atoms with Gasteiger partial charge in [0.15, 0.2) is 9.84 Å². The highest BCUT2D eigenvalue weighted by atomic mass is 32.2. The molecule has 0 spiro atoms. The van der Waals surface area contributed by atoms with Crippen LogP contribution in [0.4, 0.5) is 0 Å². The van der Waals surface area contributed by atoms with Crippen molar-refractivity contribution in [3.8, 4) is 0 Å². The molecular weight excluding hydrogens is 246 g/mol. The molecular formula is C10H13NO3S2. The number of sulfone groups is 1. The van der Waals surface area contributed by atoms with Crippen LogP contribution in [0.25, 0.3) is 0 Å². The number of nitrogens with one attached hydrogen (secondary N) is 1. The highest BCUT2D eigenvalue weighted by Gasteiger charge is 2.29. The molecule has 1 atom stereocenters. The maximum absolute atomic E-state index is 11.8. The second-order valence-electron chi connectivity index (χ2n) is 4.01. The van der Waals surface area contributed by atoms with E-state index >= 15 is 0 Å². The summed E-state index contributed by atoms with van der Waals surface area (Å²) in [6, 6.07) is 1.66. The van der Waals surface area contributed by atoms with Crippen LogP contribution < -0.4 is 5.32 Å². The first-order chi connectivity index (χ1) is 7.48. The minimum Gasteiger partial charge on any atom is -0.348 e. The third-order valence-corrected chi connectivity index (χ3v) is 5.42. The van der Waals surface area contributed by atoms with Crippen LogP contribution in [0.2, 0.25) is 0 Å². The highest BCUT2D eigenvalue weighted by Crippen LogP contribution is 2.17. The standard InChI is InChI=1S/C10H13NO3S2/c1-7-2-4-15-9(7)10(12)11-8-3-5-16(13,14)6-8/h2,4,8H,3,5-6H2,1H3,(H,11,12)/t8-/m0/s1. The van der Waals surface area contributed by atoms with Crippen molar-refractivity contribution in [1.82, 2.24) is 5.32 Å². The molecule has 2 heterocycles. The van der Waals surface area contributed by atoms with Gasteiger partial charge >= 0.3 is 0 Å². The lowest BCUT2D eigenvalue weighted by Crippen LogP contribution is -2.35. The van der Waals surface area contributed by atoms with Crippen LogP contribution in [-0.2, 0) is 9.84 Å². The SMILES string of the molecule is Cc1ccsc1C(=O)N[C@H]1CCS(=O)(=O)C1. The van der Waals surface area contributed by atoms with Crippen LogP contribution in [0.15, 0.2) is 11.4 Å². The first kappa shape index (κ1) is 11.6. The Morgan fingerprint density at radius 3 is 2.81 bits per heavy atom. The number of aryl methyl sites for hydroxylation is 1. The van der Waals surface area contributed by atoms with Crippen molar-refractivity contribution in [2.24, 2.45) is 0 Å². The molecule has 1 aromatic heterocycles. The van der Waals surface area contributed by atoms with Crippen LogP contribution in [-0.4, -0.2) is 31.9 Å². The minimum atomic E-state index is -2.93. The van der Waals surface area contributed by atoms with Crippen LogP contribution in [0.1, 0.15) is 21.7 Å². The molecule has 1 aliphatic rings. The summed E-state index contributed by atoms with van der Waals surface area (Å²) in [6.07, 6.45) is 0.526. The van der Waals surface area contributed by atoms with Crippen LogP contribution in [0, 0.1) is 6.92 Å². The molecule has 0 radical (unpaired) electrons. The van der Waals surface area contributed by atoms with E-state index in [1.165, 1.54) is 11.3 Å². The number of carbonyl (C=O) groups is 1. The van der Waals surface area contributed by atoms with Crippen molar-refractivity contribution in [1.29, 1.82) is 0 Å². The molecule has 88 valence electrons. The fraction of sp³-hybridized carbons (Fsp3) is 0.500. The predicted octanol–water partition coefficient (Wildman–Crippen LogP) is 0.973. The maximum atomic E-state index is 11.8. The average molecular weight is 259 g/mol. The van der Waals surface area contributed by atoms with Gasteiger partial charge in [0.1, 0.15) is 0 Å². The van der Waals surface area contributed by atoms with Crippen molar-refractivity contribution < 1.29 is 13.2 Å². The zero-order chi connectivity index (χ0) is 11.8. The molecule has 0 aromatic carbocycles. The van der Waals surface area contributed by atoms with Gasteiger partial charge in [-0.2, -0.15) is 0 Å². The van der Waals surface area contributed by atoms with Crippen molar-refractivity contribution in [3.63, 3.8) is 0 Å². The van der Waals surface area contributed by atoms with Gasteiger partial charge in [-0.1, -0.05) is 0 Å². The Hall–Kier alpha value is -0.880. The molecule has 4 nitrogen and oxygen atoms in total. The summed E-state index contributed by atoms with van der Waals surface area (Å²) in [5, 5.41) is 4.63. The molecule has 1 saturated heterocycles. The second-order valence-corrected chi connectivity index (χ2v) is 7.15. The summed E-state index contributed by atoms with van der Waals surface area (Å²) in [6.45, 7) is 1.87. The highest BCUT2D eigenvalue weighted by molar-refractivity contribution is 7.91. The van der Waals surface area contributed by atoms with Gasteiger partial charge in [0.05, 0.1) is 16.4 Å². The summed E-state index contributed by atoms with van der Waals surface area (Å²) >= 11 is 1.38. The van der Waals surface area contributed by atoms with Gasteiger partial charge < -0.3 is 5.32 Å². The third-order valence-electron chi connectivity index (χ3n) is 2.64. The van der Waals surface area contributed by atoms with E-state index in [0.29, 0.717) is 11.3 Å². The molecule has 0 saturated carbocycles. The van der Waals surface area contributed by atoms with E-state index in [4.69, 9.17) is 0 Å². The average Bonchev–Trinajstić information content (AvgIpc) is 2.72. The Morgan fingerprint density at radius 2 is 2.31 bits per heavy atom. The number of amides is 1. The van der Waals surface area contributed by atoms with E-state index in [9.17, 15) is 13.2 Å². The summed E-state index contributed by atoms with van der Waals surface area (Å²) in [5.41, 5.74) is 0.934. The van der Waals surface area contributed by atoms with Crippen molar-refractivity contribution in [2.75, 3.05) is 11.5 Å². The zero-order valence-electron chi connectivity index (χ0n) is 8.89. The van der Waals surface area contributed by atoms with Crippen molar-refractivity contribution >= 4 is 27.1 Å². The van der Waals surface area contributed by atoms with E-state index in [1.54, 1.807) is 0 Å². The number of hydrogen-bond donors (Lipinski definition) is 1. The van der Waals surface area contributed by atoms with Gasteiger partial charge in [-0.25, -0.2) is 8.42 Å². The van der Waals surface area contributed by atoms with Gasteiger partial charge in [-0.3, -0.25) is 4.79 Å². The summed E-state index contributed by atoms with van der Waals surface area (Å²) in [5.74, 6) is 0.0967. The first-order valence-corrected chi connectivity index (χ1v) is 7.73. The molecule has 0 unspecified atom stereocenters. The van der Waals surface area contributed by atoms with Gasteiger partial charge in [-0.15, -0.1) is 11.3 Å². The molecule has 6 heteroatoms. The first-order valence-electron chi connectivity index (χ1n) is 5.03. The van der Waals surface area contributed by atoms with E-state index < -0.39 is 9.84 Å². The molecule has 16 heavy (non-hydrogen) atoms. The van der Waals surface area contributed by atoms with Gasteiger partial charge in [-0.05, 0) is 30.4 Å². The van der Waals surface area contributed by atoms with E-state index in [0.717, 1.165) is 5.56 Å². The Bertz CT molecular complexity index is 504. The number of rotatable bonds is 2. The van der Waals surface area contributed by atoms with Crippen LogP contribution in [0.3, 0.4) is 0 Å². The van der Waals surface area contributed by atoms with Crippen LogP contribution >= 0.6 is 11.3 Å². The molecule has 1 fully saturated rings. The fourth-order valence-electron chi connectivity index (χ4n) is 1.77. The fourth-order valence-corrected chi connectivity index (χ4v) is 4.27. The zero-order valence-corrected chi connectivity index (χ0v) is 10.5. The Balaban J connectivity index is 2.02. The molecule has 1 aromatic rings. The molecule has 0 bridgehead atoms. The second kappa shape index (κ2) is 4.18. The number of carbonyl (C=O) groups excluding carboxylic acids is 1. The Labute approximate surface area is 98.6 Å². The van der Waals surface area contributed by atoms with Crippen LogP contribution in [0.5, 0.6) is 0 Å². The summed E-state index contributed by atoms with van der Waals surface area (Å²) in [4.78, 5) is 12.5. The smallest absolute Gasteiger partial charge is 0.261 e. The number of thiophene rings is 1. The van der Waals surface area contributed by atoms with Gasteiger partial charge in [0.2, 0.25) is 0 Å². The maximum Gasteiger partial charge on any atom is 0.261 e. The Morgan fingerprint density at radius 1 is 1.56 bits per heavy atom. The molecule has 2 rings (SSSR count). The quantitative estimate of drug-likeness (QED) is 0.861. The monoisotopic (exact) mass is 259 g/mol. The molecule has 1 aliphatic heterocycles. The molecule has 1 amide bonds. The van der Waals surface area contributed by atoms with E-state index in [-0.39, 0.29) is 23.5 Å². The minimum absolute atomic E-state index is 0.0726. The van der Waals surface area contributed by atoms with Crippen molar-refractivity contribution in [3.05, 3.63) is 21.9 Å². The normalized spacial score (nSPS) is 23.2. The van der Waals surface area contributed by atoms with Crippen molar-refractivity contribution in [2.45, 2.75) is 19.4 Å². The van der Waals surface area contributed by atoms with Gasteiger partial charge in [0, 0.05) is 6.04 Å². The van der Waals surface area contributed by atoms with E-state index in [1.807, 2.05) is 18.4 Å². The van der Waals surface area contributed by atoms with E-state index in [2.05, 4.69) is 5.32 Å². The Kier molecular flexibility index (Phi) is 3.03. The topological polar surface area (TPSA) is 63.2 Å². The predicted molar refractivity (Wildman–Crippen MR) is 63.6 cm³/mol. The largest absolute Gasteiger partial charge is 0.348 e. The van der Waals surface area contributed by atoms with Gasteiger partial charge in [0.25, 0.3) is 5.91 Å². The lowest BCUT2D eigenvalue weighted by atomic mass is 10.2. The lowest BCUT2D eigenvalue weighted by Gasteiger charge is -2.09.